The summed E-state index contributed by atoms with van der Waals surface area (Å²) < 4.78 is 0. The van der Waals surface area contributed by atoms with E-state index >= 15 is 0 Å². The normalized spacial score (nSPS) is 18.8. The average molecular weight is 290 g/mol. The number of piperidine rings is 1. The maximum Gasteiger partial charge on any atom is 0.115 e. The predicted octanol–water partition coefficient (Wildman–Crippen LogP) is 3.03. The van der Waals surface area contributed by atoms with Crippen LogP contribution in [0.3, 0.4) is 0 Å². The van der Waals surface area contributed by atoms with Crippen LogP contribution in [0.1, 0.15) is 38.7 Å². The van der Waals surface area contributed by atoms with Gasteiger partial charge in [-0.1, -0.05) is 19.1 Å². The summed E-state index contributed by atoms with van der Waals surface area (Å²) in [5, 5.41) is 12.8. The molecule has 1 atom stereocenters. The highest BCUT2D eigenvalue weighted by atomic mass is 16.3. The fraction of sp³-hybridized carbons (Fsp3) is 0.667. The van der Waals surface area contributed by atoms with E-state index in [4.69, 9.17) is 0 Å². The Bertz CT molecular complexity index is 396. The van der Waals surface area contributed by atoms with Crippen LogP contribution in [0.5, 0.6) is 5.75 Å². The molecule has 1 unspecified atom stereocenters. The molecular formula is C18H30N2O. The van der Waals surface area contributed by atoms with Gasteiger partial charge in [-0.3, -0.25) is 0 Å². The lowest BCUT2D eigenvalue weighted by atomic mass is 9.94. The number of phenols is 1. The Kier molecular flexibility index (Phi) is 6.52. The first kappa shape index (κ1) is 16.3. The van der Waals surface area contributed by atoms with E-state index in [0.29, 0.717) is 11.8 Å². The van der Waals surface area contributed by atoms with E-state index in [1.54, 1.807) is 12.1 Å². The predicted molar refractivity (Wildman–Crippen MR) is 88.7 cm³/mol. The van der Waals surface area contributed by atoms with Crippen LogP contribution in [0.2, 0.25) is 0 Å². The number of phenolic OH excluding ortho intramolecular Hbond substituents is 1. The Hall–Kier alpha value is -1.06. The topological polar surface area (TPSA) is 35.5 Å². The summed E-state index contributed by atoms with van der Waals surface area (Å²) in [5.74, 6) is 1.22. The van der Waals surface area contributed by atoms with Gasteiger partial charge < -0.3 is 15.3 Å². The fourth-order valence-corrected chi connectivity index (χ4v) is 3.17. The minimum Gasteiger partial charge on any atom is -0.508 e. The van der Waals surface area contributed by atoms with E-state index in [-0.39, 0.29) is 0 Å². The SMILES string of the molecule is CCNCC1CCN(C(C)CCc2ccc(O)cc2)CC1. The molecule has 2 N–H and O–H groups in total. The van der Waals surface area contributed by atoms with Gasteiger partial charge in [0.1, 0.15) is 5.75 Å². The highest BCUT2D eigenvalue weighted by Crippen LogP contribution is 2.20. The first-order valence-corrected chi connectivity index (χ1v) is 8.41. The molecule has 3 nitrogen and oxygen atoms in total. The summed E-state index contributed by atoms with van der Waals surface area (Å²) in [4.78, 5) is 2.64. The molecule has 1 aliphatic rings. The number of hydrogen-bond acceptors (Lipinski definition) is 3. The summed E-state index contributed by atoms with van der Waals surface area (Å²) in [6.45, 7) is 9.29. The molecular weight excluding hydrogens is 260 g/mol. The van der Waals surface area contributed by atoms with Gasteiger partial charge in [-0.05, 0) is 82.4 Å². The van der Waals surface area contributed by atoms with Gasteiger partial charge in [-0.15, -0.1) is 0 Å². The van der Waals surface area contributed by atoms with Gasteiger partial charge >= 0.3 is 0 Å². The van der Waals surface area contributed by atoms with Crippen molar-refractivity contribution in [2.75, 3.05) is 26.2 Å². The summed E-state index contributed by atoms with van der Waals surface area (Å²) in [5.41, 5.74) is 1.32. The molecule has 1 aromatic rings. The Morgan fingerprint density at radius 2 is 1.90 bits per heavy atom. The van der Waals surface area contributed by atoms with E-state index in [1.807, 2.05) is 12.1 Å². The smallest absolute Gasteiger partial charge is 0.115 e. The van der Waals surface area contributed by atoms with Gasteiger partial charge in [0.15, 0.2) is 0 Å². The molecule has 21 heavy (non-hydrogen) atoms. The van der Waals surface area contributed by atoms with Crippen LogP contribution in [0, 0.1) is 5.92 Å². The summed E-state index contributed by atoms with van der Waals surface area (Å²) >= 11 is 0. The second kappa shape index (κ2) is 8.40. The lowest BCUT2D eigenvalue weighted by Crippen LogP contribution is -2.42. The number of rotatable bonds is 7. The Morgan fingerprint density at radius 3 is 2.52 bits per heavy atom. The van der Waals surface area contributed by atoms with Gasteiger partial charge in [0, 0.05) is 6.04 Å². The molecule has 0 bridgehead atoms. The van der Waals surface area contributed by atoms with Crippen LogP contribution in [0.15, 0.2) is 24.3 Å². The Labute approximate surface area is 129 Å². The molecule has 0 amide bonds. The van der Waals surface area contributed by atoms with Crippen LogP contribution in [-0.2, 0) is 6.42 Å². The molecule has 2 rings (SSSR count). The fourth-order valence-electron chi connectivity index (χ4n) is 3.17. The number of hydrogen-bond donors (Lipinski definition) is 2. The molecule has 0 saturated carbocycles. The van der Waals surface area contributed by atoms with E-state index < -0.39 is 0 Å². The summed E-state index contributed by atoms with van der Waals surface area (Å²) in [7, 11) is 0. The quantitative estimate of drug-likeness (QED) is 0.810. The molecule has 0 aromatic heterocycles. The van der Waals surface area contributed by atoms with Crippen molar-refractivity contribution in [3.05, 3.63) is 29.8 Å². The molecule has 0 radical (unpaired) electrons. The van der Waals surface area contributed by atoms with Crippen molar-refractivity contribution >= 4 is 0 Å². The molecule has 1 heterocycles. The van der Waals surface area contributed by atoms with E-state index in [9.17, 15) is 5.11 Å². The minimum absolute atomic E-state index is 0.356. The monoisotopic (exact) mass is 290 g/mol. The standard InChI is InChI=1S/C18H30N2O/c1-3-19-14-17-10-12-20(13-11-17)15(2)4-5-16-6-8-18(21)9-7-16/h6-9,15,17,19,21H,3-5,10-14H2,1-2H3. The molecule has 1 aliphatic heterocycles. The van der Waals surface area contributed by atoms with E-state index in [1.165, 1.54) is 44.5 Å². The van der Waals surface area contributed by atoms with Crippen LogP contribution in [0.25, 0.3) is 0 Å². The van der Waals surface area contributed by atoms with Crippen molar-refractivity contribution in [1.29, 1.82) is 0 Å². The number of benzene rings is 1. The minimum atomic E-state index is 0.356. The van der Waals surface area contributed by atoms with E-state index in [0.717, 1.165) is 18.9 Å². The molecule has 118 valence electrons. The number of nitrogens with zero attached hydrogens (tertiary/aromatic N) is 1. The van der Waals surface area contributed by atoms with Crippen LogP contribution in [-0.4, -0.2) is 42.2 Å². The number of nitrogens with one attached hydrogen (secondary N) is 1. The van der Waals surface area contributed by atoms with Crippen molar-refractivity contribution in [1.82, 2.24) is 10.2 Å². The number of aromatic hydroxyl groups is 1. The van der Waals surface area contributed by atoms with Crippen LogP contribution >= 0.6 is 0 Å². The van der Waals surface area contributed by atoms with Gasteiger partial charge in [-0.2, -0.15) is 0 Å². The maximum atomic E-state index is 9.31. The molecule has 0 aliphatic carbocycles. The molecule has 1 saturated heterocycles. The van der Waals surface area contributed by atoms with Gasteiger partial charge in [0.05, 0.1) is 0 Å². The van der Waals surface area contributed by atoms with Crippen LogP contribution in [0.4, 0.5) is 0 Å². The zero-order chi connectivity index (χ0) is 15.1. The molecule has 1 aromatic carbocycles. The summed E-state index contributed by atoms with van der Waals surface area (Å²) in [6.07, 6.45) is 4.95. The van der Waals surface area contributed by atoms with Crippen molar-refractivity contribution in [3.63, 3.8) is 0 Å². The second-order valence-electron chi connectivity index (χ2n) is 6.34. The maximum absolute atomic E-state index is 9.31. The third-order valence-corrected chi connectivity index (χ3v) is 4.74. The third kappa shape index (κ3) is 5.33. The second-order valence-corrected chi connectivity index (χ2v) is 6.34. The largest absolute Gasteiger partial charge is 0.508 e. The summed E-state index contributed by atoms with van der Waals surface area (Å²) in [6, 6.07) is 8.28. The van der Waals surface area contributed by atoms with Gasteiger partial charge in [0.25, 0.3) is 0 Å². The molecule has 0 spiro atoms. The van der Waals surface area contributed by atoms with Crippen LogP contribution < -0.4 is 5.32 Å². The highest BCUT2D eigenvalue weighted by Gasteiger charge is 2.22. The van der Waals surface area contributed by atoms with Crippen molar-refractivity contribution in [3.8, 4) is 5.75 Å². The number of aryl methyl sites for hydroxylation is 1. The lowest BCUT2D eigenvalue weighted by Gasteiger charge is -2.36. The van der Waals surface area contributed by atoms with E-state index in [2.05, 4.69) is 24.1 Å². The number of likely N-dealkylation sites (tertiary alicyclic amines) is 1. The van der Waals surface area contributed by atoms with Crippen molar-refractivity contribution in [2.24, 2.45) is 5.92 Å². The zero-order valence-corrected chi connectivity index (χ0v) is 13.5. The Balaban J connectivity index is 1.69. The van der Waals surface area contributed by atoms with Gasteiger partial charge in [0.2, 0.25) is 0 Å². The molecule has 1 fully saturated rings. The first-order valence-electron chi connectivity index (χ1n) is 8.41. The third-order valence-electron chi connectivity index (χ3n) is 4.74. The lowest BCUT2D eigenvalue weighted by molar-refractivity contribution is 0.135. The first-order chi connectivity index (χ1) is 10.2. The van der Waals surface area contributed by atoms with Gasteiger partial charge in [-0.25, -0.2) is 0 Å². The van der Waals surface area contributed by atoms with Crippen molar-refractivity contribution < 1.29 is 5.11 Å². The molecule has 3 heteroatoms. The Morgan fingerprint density at radius 1 is 1.24 bits per heavy atom. The highest BCUT2D eigenvalue weighted by molar-refractivity contribution is 5.25. The van der Waals surface area contributed by atoms with Crippen molar-refractivity contribution in [2.45, 2.75) is 45.6 Å². The zero-order valence-electron chi connectivity index (χ0n) is 13.5. The average Bonchev–Trinajstić information content (AvgIpc) is 2.52.